The maximum Gasteiger partial charge on any atom is 0.416 e. The molecule has 1 atom stereocenters. The number of nitrogens with two attached hydrogens (primary N) is 1. The third-order valence-corrected chi connectivity index (χ3v) is 3.72. The molecular formula is C10H11N5O3S. The van der Waals surface area contributed by atoms with Gasteiger partial charge >= 0.3 is 6.09 Å². The highest BCUT2D eigenvalue weighted by Crippen LogP contribution is 2.30. The van der Waals surface area contributed by atoms with Gasteiger partial charge in [0.25, 0.3) is 0 Å². The monoisotopic (exact) mass is 281 g/mol. The van der Waals surface area contributed by atoms with Gasteiger partial charge in [-0.25, -0.2) is 14.8 Å². The summed E-state index contributed by atoms with van der Waals surface area (Å²) in [6.07, 6.45) is 0.650. The molecule has 1 aromatic rings. The molecule has 3 rings (SSSR count). The zero-order valence-corrected chi connectivity index (χ0v) is 10.6. The first-order valence-corrected chi connectivity index (χ1v) is 6.64. The van der Waals surface area contributed by atoms with Crippen LogP contribution in [0.5, 0.6) is 0 Å². The maximum atomic E-state index is 11.7. The standard InChI is InChI=1S/C10H11N5O3S/c11-1-5-3-15(10(17)18-5)6-2-12-9-8(13-6)14-7(16)4-19-9/h2,5H,1,3-4,11H2,(H,13,14,16)/t5-/m1/s1. The number of amides is 2. The van der Waals surface area contributed by atoms with Crippen molar-refractivity contribution in [3.8, 4) is 0 Å². The zero-order chi connectivity index (χ0) is 13.4. The van der Waals surface area contributed by atoms with E-state index in [1.165, 1.54) is 22.9 Å². The summed E-state index contributed by atoms with van der Waals surface area (Å²) >= 11 is 1.31. The van der Waals surface area contributed by atoms with Gasteiger partial charge in [-0.3, -0.25) is 9.69 Å². The van der Waals surface area contributed by atoms with Crippen LogP contribution >= 0.6 is 11.8 Å². The molecule has 9 heteroatoms. The van der Waals surface area contributed by atoms with Crippen molar-refractivity contribution in [3.05, 3.63) is 6.20 Å². The Kier molecular flexibility index (Phi) is 2.99. The molecule has 3 heterocycles. The van der Waals surface area contributed by atoms with Gasteiger partial charge in [0.1, 0.15) is 11.1 Å². The van der Waals surface area contributed by atoms with E-state index in [2.05, 4.69) is 15.3 Å². The van der Waals surface area contributed by atoms with Crippen LogP contribution < -0.4 is 16.0 Å². The van der Waals surface area contributed by atoms with Crippen molar-refractivity contribution in [2.75, 3.05) is 29.1 Å². The Labute approximate surface area is 112 Å². The van der Waals surface area contributed by atoms with E-state index in [4.69, 9.17) is 10.5 Å². The van der Waals surface area contributed by atoms with Crippen molar-refractivity contribution in [2.24, 2.45) is 5.73 Å². The van der Waals surface area contributed by atoms with E-state index in [-0.39, 0.29) is 18.6 Å². The minimum absolute atomic E-state index is 0.132. The number of rotatable bonds is 2. The summed E-state index contributed by atoms with van der Waals surface area (Å²) in [6.45, 7) is 0.594. The van der Waals surface area contributed by atoms with Crippen molar-refractivity contribution in [1.82, 2.24) is 9.97 Å². The first-order chi connectivity index (χ1) is 9.17. The molecule has 2 aliphatic heterocycles. The summed E-state index contributed by atoms with van der Waals surface area (Å²) in [5, 5.41) is 3.27. The lowest BCUT2D eigenvalue weighted by Gasteiger charge is -2.17. The molecule has 19 heavy (non-hydrogen) atoms. The van der Waals surface area contributed by atoms with Crippen LogP contribution in [0.2, 0.25) is 0 Å². The quantitative estimate of drug-likeness (QED) is 0.772. The predicted molar refractivity (Wildman–Crippen MR) is 68.1 cm³/mol. The Morgan fingerprint density at radius 3 is 3.16 bits per heavy atom. The van der Waals surface area contributed by atoms with E-state index in [0.717, 1.165) is 0 Å². The Bertz CT molecular complexity index is 552. The molecule has 1 fully saturated rings. The Balaban J connectivity index is 1.88. The largest absolute Gasteiger partial charge is 0.443 e. The highest BCUT2D eigenvalue weighted by molar-refractivity contribution is 8.00. The molecule has 0 radical (unpaired) electrons. The number of nitrogens with zero attached hydrogens (tertiary/aromatic N) is 3. The number of cyclic esters (lactones) is 1. The molecule has 0 aliphatic carbocycles. The number of thioether (sulfide) groups is 1. The normalized spacial score (nSPS) is 21.9. The van der Waals surface area contributed by atoms with E-state index >= 15 is 0 Å². The van der Waals surface area contributed by atoms with Crippen molar-refractivity contribution in [1.29, 1.82) is 0 Å². The van der Waals surface area contributed by atoms with Gasteiger partial charge in [0.15, 0.2) is 11.6 Å². The molecule has 100 valence electrons. The third-order valence-electron chi connectivity index (χ3n) is 2.74. The molecule has 2 amide bonds. The van der Waals surface area contributed by atoms with Crippen molar-refractivity contribution < 1.29 is 14.3 Å². The van der Waals surface area contributed by atoms with E-state index in [9.17, 15) is 9.59 Å². The fourth-order valence-electron chi connectivity index (χ4n) is 1.82. The molecule has 1 aromatic heterocycles. The minimum atomic E-state index is -0.500. The summed E-state index contributed by atoms with van der Waals surface area (Å²) < 4.78 is 5.04. The van der Waals surface area contributed by atoms with E-state index in [1.807, 2.05) is 0 Å². The topological polar surface area (TPSA) is 110 Å². The van der Waals surface area contributed by atoms with Crippen molar-refractivity contribution in [3.63, 3.8) is 0 Å². The minimum Gasteiger partial charge on any atom is -0.443 e. The van der Waals surface area contributed by atoms with E-state index in [1.54, 1.807) is 0 Å². The first kappa shape index (κ1) is 12.2. The molecule has 0 bridgehead atoms. The van der Waals surface area contributed by atoms with Crippen molar-refractivity contribution in [2.45, 2.75) is 11.1 Å². The Morgan fingerprint density at radius 2 is 2.42 bits per heavy atom. The summed E-state index contributed by atoms with van der Waals surface area (Å²) in [5.74, 6) is 0.917. The highest BCUT2D eigenvalue weighted by Gasteiger charge is 2.33. The van der Waals surface area contributed by atoms with Gasteiger partial charge in [0, 0.05) is 6.54 Å². The molecular weight excluding hydrogens is 270 g/mol. The number of fused-ring (bicyclic) bond motifs is 1. The van der Waals surface area contributed by atoms with Crippen LogP contribution in [-0.4, -0.2) is 46.9 Å². The molecule has 0 spiro atoms. The van der Waals surface area contributed by atoms with Crippen LogP contribution in [0, 0.1) is 0 Å². The number of anilines is 2. The second-order valence-corrected chi connectivity index (χ2v) is 5.03. The summed E-state index contributed by atoms with van der Waals surface area (Å²) in [5.41, 5.74) is 5.47. The lowest BCUT2D eigenvalue weighted by atomic mass is 10.3. The van der Waals surface area contributed by atoms with Crippen LogP contribution in [0.1, 0.15) is 0 Å². The highest BCUT2D eigenvalue weighted by atomic mass is 32.2. The number of carbonyl (C=O) groups is 2. The number of aromatic nitrogens is 2. The SMILES string of the molecule is NC[C@@H]1CN(c2cnc3c(n2)NC(=O)CS3)C(=O)O1. The van der Waals surface area contributed by atoms with Crippen molar-refractivity contribution >= 4 is 35.4 Å². The number of ether oxygens (including phenoxy) is 1. The smallest absolute Gasteiger partial charge is 0.416 e. The van der Waals surface area contributed by atoms with Crippen LogP contribution in [0.3, 0.4) is 0 Å². The lowest BCUT2D eigenvalue weighted by Crippen LogP contribution is -2.29. The molecule has 0 aromatic carbocycles. The van der Waals surface area contributed by atoms with Gasteiger partial charge in [0.05, 0.1) is 18.5 Å². The number of carbonyl (C=O) groups excluding carboxylic acids is 2. The van der Waals surface area contributed by atoms with Gasteiger partial charge in [0.2, 0.25) is 5.91 Å². The molecule has 8 nitrogen and oxygen atoms in total. The number of hydrogen-bond acceptors (Lipinski definition) is 7. The average molecular weight is 281 g/mol. The first-order valence-electron chi connectivity index (χ1n) is 5.65. The maximum absolute atomic E-state index is 11.7. The number of hydrogen-bond donors (Lipinski definition) is 2. The number of nitrogens with one attached hydrogen (secondary N) is 1. The van der Waals surface area contributed by atoms with Gasteiger partial charge < -0.3 is 15.8 Å². The van der Waals surface area contributed by atoms with Gasteiger partial charge in [-0.15, -0.1) is 0 Å². The fraction of sp³-hybridized carbons (Fsp3) is 0.400. The third kappa shape index (κ3) is 2.22. The summed E-state index contributed by atoms with van der Waals surface area (Å²) in [6, 6.07) is 0. The molecule has 2 aliphatic rings. The molecule has 0 saturated carbocycles. The Morgan fingerprint density at radius 1 is 1.58 bits per heavy atom. The second kappa shape index (κ2) is 4.67. The van der Waals surface area contributed by atoms with E-state index < -0.39 is 6.09 Å². The summed E-state index contributed by atoms with van der Waals surface area (Å²) in [7, 11) is 0. The average Bonchev–Trinajstić information content (AvgIpc) is 2.79. The fourth-order valence-corrected chi connectivity index (χ4v) is 2.52. The Hall–Kier alpha value is -1.87. The predicted octanol–water partition coefficient (Wildman–Crippen LogP) is -0.195. The van der Waals surface area contributed by atoms with Crippen LogP contribution in [0.25, 0.3) is 0 Å². The zero-order valence-electron chi connectivity index (χ0n) is 9.83. The summed E-state index contributed by atoms with van der Waals surface area (Å²) in [4.78, 5) is 32.7. The van der Waals surface area contributed by atoms with E-state index in [0.29, 0.717) is 29.0 Å². The van der Waals surface area contributed by atoms with Gasteiger partial charge in [-0.2, -0.15) is 0 Å². The molecule has 1 saturated heterocycles. The molecule has 0 unspecified atom stereocenters. The van der Waals surface area contributed by atoms with Gasteiger partial charge in [-0.05, 0) is 0 Å². The molecule has 3 N–H and O–H groups in total. The van der Waals surface area contributed by atoms with Crippen LogP contribution in [0.15, 0.2) is 11.2 Å². The van der Waals surface area contributed by atoms with Crippen LogP contribution in [-0.2, 0) is 9.53 Å². The van der Waals surface area contributed by atoms with Gasteiger partial charge in [-0.1, -0.05) is 11.8 Å². The second-order valence-electron chi connectivity index (χ2n) is 4.07. The lowest BCUT2D eigenvalue weighted by molar-refractivity contribution is -0.113. The van der Waals surface area contributed by atoms with Crippen LogP contribution in [0.4, 0.5) is 16.4 Å².